The molecule has 2 heterocycles. The lowest BCUT2D eigenvalue weighted by Gasteiger charge is -2.39. The molecule has 0 saturated carbocycles. The Bertz CT molecular complexity index is 520. The minimum absolute atomic E-state index is 0.721. The van der Waals surface area contributed by atoms with E-state index in [1.54, 1.807) is 7.11 Å². The average molecular weight is 318 g/mol. The number of hydrogen-bond donors (Lipinski definition) is 2. The topological polar surface area (TPSA) is 53.8 Å². The van der Waals surface area contributed by atoms with Crippen molar-refractivity contribution in [1.29, 1.82) is 0 Å². The number of piperazine rings is 1. The fourth-order valence-electron chi connectivity index (χ4n) is 3.82. The Kier molecular flexibility index (Phi) is 5.28. The molecule has 1 aromatic rings. The van der Waals surface area contributed by atoms with Crippen LogP contribution in [0.25, 0.3) is 0 Å². The number of nitrogens with zero attached hydrogens (tertiary/aromatic N) is 2. The van der Waals surface area contributed by atoms with E-state index in [2.05, 4.69) is 28.1 Å². The fourth-order valence-corrected chi connectivity index (χ4v) is 3.82. The summed E-state index contributed by atoms with van der Waals surface area (Å²) in [6, 6.07) is 4.11. The van der Waals surface area contributed by atoms with E-state index in [1.165, 1.54) is 43.7 Å². The number of nitrogen functional groups attached to an aromatic ring is 1. The van der Waals surface area contributed by atoms with Crippen LogP contribution in [-0.4, -0.2) is 57.8 Å². The van der Waals surface area contributed by atoms with Gasteiger partial charge in [-0.15, -0.1) is 0 Å². The molecule has 0 unspecified atom stereocenters. The molecule has 3 N–H and O–H groups in total. The van der Waals surface area contributed by atoms with Crippen molar-refractivity contribution in [2.45, 2.75) is 19.8 Å². The molecule has 0 atom stereocenters. The maximum absolute atomic E-state index is 6.00. The maximum atomic E-state index is 6.00. The molecule has 0 bridgehead atoms. The van der Waals surface area contributed by atoms with E-state index in [0.717, 1.165) is 43.5 Å². The first-order valence-electron chi connectivity index (χ1n) is 8.79. The second-order valence-electron chi connectivity index (χ2n) is 6.86. The van der Waals surface area contributed by atoms with Crippen LogP contribution in [0.15, 0.2) is 12.1 Å². The molecule has 2 aliphatic heterocycles. The maximum Gasteiger partial charge on any atom is 0.143 e. The number of nitrogens with two attached hydrogens (primary N) is 1. The van der Waals surface area contributed by atoms with Gasteiger partial charge in [0, 0.05) is 44.5 Å². The molecule has 23 heavy (non-hydrogen) atoms. The predicted octanol–water partition coefficient (Wildman–Crippen LogP) is 1.71. The van der Waals surface area contributed by atoms with Gasteiger partial charge in [-0.1, -0.05) is 0 Å². The lowest BCUT2D eigenvalue weighted by Crippen LogP contribution is -2.48. The van der Waals surface area contributed by atoms with Crippen LogP contribution in [0.5, 0.6) is 5.75 Å². The number of aryl methyl sites for hydroxylation is 1. The highest BCUT2D eigenvalue weighted by molar-refractivity contribution is 5.66. The number of anilines is 2. The molecule has 0 aliphatic carbocycles. The zero-order chi connectivity index (χ0) is 16.2. The Morgan fingerprint density at radius 1 is 1.17 bits per heavy atom. The van der Waals surface area contributed by atoms with E-state index < -0.39 is 0 Å². The van der Waals surface area contributed by atoms with Gasteiger partial charge in [-0.2, -0.15) is 0 Å². The summed E-state index contributed by atoms with van der Waals surface area (Å²) in [5.74, 6) is 1.66. The zero-order valence-corrected chi connectivity index (χ0v) is 14.5. The van der Waals surface area contributed by atoms with Crippen molar-refractivity contribution >= 4 is 11.4 Å². The largest absolute Gasteiger partial charge is 0.495 e. The fraction of sp³-hybridized carbons (Fsp3) is 0.667. The van der Waals surface area contributed by atoms with E-state index in [1.807, 2.05) is 6.07 Å². The van der Waals surface area contributed by atoms with Crippen LogP contribution >= 0.6 is 0 Å². The van der Waals surface area contributed by atoms with Crippen molar-refractivity contribution in [3.8, 4) is 5.75 Å². The summed E-state index contributed by atoms with van der Waals surface area (Å²) in [5, 5.41) is 3.45. The van der Waals surface area contributed by atoms with Gasteiger partial charge in [-0.3, -0.25) is 4.90 Å². The molecule has 2 fully saturated rings. The molecule has 5 heteroatoms. The van der Waals surface area contributed by atoms with Gasteiger partial charge < -0.3 is 20.7 Å². The van der Waals surface area contributed by atoms with Gasteiger partial charge in [0.25, 0.3) is 0 Å². The standard InChI is InChI=1S/C18H30N4O/c1-14-11-16(19)18(23-2)12-17(14)22-9-7-21(8-10-22)13-15-3-5-20-6-4-15/h11-12,15,20H,3-10,13,19H2,1-2H3. The minimum atomic E-state index is 0.721. The van der Waals surface area contributed by atoms with Crippen LogP contribution in [0.4, 0.5) is 11.4 Å². The van der Waals surface area contributed by atoms with Gasteiger partial charge in [0.1, 0.15) is 5.75 Å². The molecule has 3 rings (SSSR count). The minimum Gasteiger partial charge on any atom is -0.495 e. The van der Waals surface area contributed by atoms with Crippen molar-refractivity contribution in [3.63, 3.8) is 0 Å². The Hall–Kier alpha value is -1.46. The summed E-state index contributed by atoms with van der Waals surface area (Å²) in [4.78, 5) is 5.10. The zero-order valence-electron chi connectivity index (χ0n) is 14.5. The van der Waals surface area contributed by atoms with Crippen molar-refractivity contribution in [1.82, 2.24) is 10.2 Å². The summed E-state index contributed by atoms with van der Waals surface area (Å²) < 4.78 is 5.39. The number of benzene rings is 1. The Morgan fingerprint density at radius 3 is 2.52 bits per heavy atom. The second kappa shape index (κ2) is 7.41. The number of piperidine rings is 1. The highest BCUT2D eigenvalue weighted by Crippen LogP contribution is 2.31. The number of rotatable bonds is 4. The van der Waals surface area contributed by atoms with E-state index in [0.29, 0.717) is 0 Å². The van der Waals surface area contributed by atoms with Gasteiger partial charge in [-0.25, -0.2) is 0 Å². The first-order valence-corrected chi connectivity index (χ1v) is 8.79. The third-order valence-electron chi connectivity index (χ3n) is 5.24. The van der Waals surface area contributed by atoms with Crippen LogP contribution < -0.4 is 20.7 Å². The van der Waals surface area contributed by atoms with Gasteiger partial charge in [0.05, 0.1) is 12.8 Å². The van der Waals surface area contributed by atoms with E-state index in [4.69, 9.17) is 10.5 Å². The van der Waals surface area contributed by atoms with Gasteiger partial charge in [0.2, 0.25) is 0 Å². The predicted molar refractivity (Wildman–Crippen MR) is 96.4 cm³/mol. The van der Waals surface area contributed by atoms with Crippen LogP contribution in [0, 0.1) is 12.8 Å². The quantitative estimate of drug-likeness (QED) is 0.828. The second-order valence-corrected chi connectivity index (χ2v) is 6.86. The summed E-state index contributed by atoms with van der Waals surface area (Å²) in [5.41, 5.74) is 9.21. The highest BCUT2D eigenvalue weighted by Gasteiger charge is 2.22. The normalized spacial score (nSPS) is 20.7. The third-order valence-corrected chi connectivity index (χ3v) is 5.24. The lowest BCUT2D eigenvalue weighted by molar-refractivity contribution is 0.196. The lowest BCUT2D eigenvalue weighted by atomic mass is 9.97. The number of nitrogens with one attached hydrogen (secondary N) is 1. The highest BCUT2D eigenvalue weighted by atomic mass is 16.5. The SMILES string of the molecule is COc1cc(N2CCN(CC3CCNCC3)CC2)c(C)cc1N. The molecule has 1 aromatic carbocycles. The molecule has 0 aromatic heterocycles. The summed E-state index contributed by atoms with van der Waals surface area (Å²) in [7, 11) is 1.68. The van der Waals surface area contributed by atoms with Crippen molar-refractivity contribution in [2.75, 3.05) is 63.6 Å². The Morgan fingerprint density at radius 2 is 1.87 bits per heavy atom. The molecule has 5 nitrogen and oxygen atoms in total. The van der Waals surface area contributed by atoms with Crippen LogP contribution in [0.3, 0.4) is 0 Å². The van der Waals surface area contributed by atoms with Crippen molar-refractivity contribution in [3.05, 3.63) is 17.7 Å². The molecule has 0 radical (unpaired) electrons. The molecule has 0 spiro atoms. The number of hydrogen-bond acceptors (Lipinski definition) is 5. The molecule has 2 aliphatic rings. The molecular formula is C18H30N4O. The summed E-state index contributed by atoms with van der Waals surface area (Å²) >= 11 is 0. The van der Waals surface area contributed by atoms with E-state index in [9.17, 15) is 0 Å². The Labute approximate surface area is 139 Å². The van der Waals surface area contributed by atoms with Crippen molar-refractivity contribution in [2.24, 2.45) is 5.92 Å². The average Bonchev–Trinajstić information content (AvgIpc) is 2.57. The van der Waals surface area contributed by atoms with Gasteiger partial charge >= 0.3 is 0 Å². The first kappa shape index (κ1) is 16.4. The molecule has 2 saturated heterocycles. The van der Waals surface area contributed by atoms with Crippen LogP contribution in [-0.2, 0) is 0 Å². The van der Waals surface area contributed by atoms with Gasteiger partial charge in [-0.05, 0) is 50.4 Å². The van der Waals surface area contributed by atoms with E-state index >= 15 is 0 Å². The van der Waals surface area contributed by atoms with Crippen LogP contribution in [0.2, 0.25) is 0 Å². The smallest absolute Gasteiger partial charge is 0.143 e. The van der Waals surface area contributed by atoms with Crippen molar-refractivity contribution < 1.29 is 4.74 Å². The van der Waals surface area contributed by atoms with Gasteiger partial charge in [0.15, 0.2) is 0 Å². The Balaban J connectivity index is 1.58. The van der Waals surface area contributed by atoms with E-state index in [-0.39, 0.29) is 0 Å². The summed E-state index contributed by atoms with van der Waals surface area (Å²) in [6.45, 7) is 10.2. The summed E-state index contributed by atoms with van der Waals surface area (Å²) in [6.07, 6.45) is 2.66. The van der Waals surface area contributed by atoms with Crippen LogP contribution in [0.1, 0.15) is 18.4 Å². The number of methoxy groups -OCH3 is 1. The number of ether oxygens (including phenoxy) is 1. The first-order chi connectivity index (χ1) is 11.2. The molecule has 0 amide bonds. The molecular weight excluding hydrogens is 288 g/mol. The third kappa shape index (κ3) is 3.90. The molecule has 128 valence electrons. The monoisotopic (exact) mass is 318 g/mol.